The van der Waals surface area contributed by atoms with Gasteiger partial charge in [-0.1, -0.05) is 46.3 Å². The van der Waals surface area contributed by atoms with Crippen LogP contribution in [0, 0.1) is 0 Å². The highest BCUT2D eigenvalue weighted by molar-refractivity contribution is 9.10. The number of hydrogen-bond donors (Lipinski definition) is 2. The Labute approximate surface area is 159 Å². The number of benzene rings is 2. The Bertz CT molecular complexity index is 965. The number of H-pyrrole nitrogens is 1. The van der Waals surface area contributed by atoms with E-state index < -0.39 is 6.04 Å². The summed E-state index contributed by atoms with van der Waals surface area (Å²) in [6.07, 6.45) is 2.41. The number of rotatable bonds is 4. The Morgan fingerprint density at radius 2 is 1.85 bits per heavy atom. The summed E-state index contributed by atoms with van der Waals surface area (Å²) in [6.45, 7) is 0.478. The molecule has 2 aromatic carbocycles. The van der Waals surface area contributed by atoms with Crippen LogP contribution in [0.15, 0.2) is 59.2 Å². The van der Waals surface area contributed by atoms with Crippen LogP contribution in [0.1, 0.15) is 11.1 Å². The highest BCUT2D eigenvalue weighted by Gasteiger charge is 2.34. The predicted octanol–water partition coefficient (Wildman–Crippen LogP) is 3.00. The van der Waals surface area contributed by atoms with Crippen LogP contribution in [-0.2, 0) is 22.6 Å². The molecule has 0 unspecified atom stereocenters. The average molecular weight is 412 g/mol. The SMILES string of the molecule is O=C1NCC(=O)N(Cc2ccc(Br)cc2)[C@@H]1Cc1c[nH]c2ccccc12. The number of nitrogens with one attached hydrogen (secondary N) is 2. The van der Waals surface area contributed by atoms with Gasteiger partial charge < -0.3 is 15.2 Å². The van der Waals surface area contributed by atoms with Crippen LogP contribution in [0.3, 0.4) is 0 Å². The van der Waals surface area contributed by atoms with Crippen molar-refractivity contribution in [3.05, 3.63) is 70.3 Å². The van der Waals surface area contributed by atoms with E-state index in [0.29, 0.717) is 13.0 Å². The number of aromatic amines is 1. The second kappa shape index (κ2) is 6.96. The van der Waals surface area contributed by atoms with E-state index in [2.05, 4.69) is 26.2 Å². The zero-order valence-electron chi connectivity index (χ0n) is 14.0. The Kier molecular flexibility index (Phi) is 4.51. The second-order valence-corrected chi connectivity index (χ2v) is 7.36. The molecule has 4 rings (SSSR count). The number of amides is 2. The second-order valence-electron chi connectivity index (χ2n) is 6.45. The van der Waals surface area contributed by atoms with Gasteiger partial charge in [-0.25, -0.2) is 0 Å². The van der Waals surface area contributed by atoms with Gasteiger partial charge >= 0.3 is 0 Å². The van der Waals surface area contributed by atoms with Gasteiger partial charge in [0, 0.05) is 34.5 Å². The molecule has 26 heavy (non-hydrogen) atoms. The van der Waals surface area contributed by atoms with Gasteiger partial charge in [0.05, 0.1) is 6.54 Å². The molecule has 0 radical (unpaired) electrons. The van der Waals surface area contributed by atoms with Gasteiger partial charge in [-0.05, 0) is 29.3 Å². The fourth-order valence-electron chi connectivity index (χ4n) is 3.39. The summed E-state index contributed by atoms with van der Waals surface area (Å²) in [5, 5.41) is 3.80. The summed E-state index contributed by atoms with van der Waals surface area (Å²) in [4.78, 5) is 30.0. The highest BCUT2D eigenvalue weighted by Crippen LogP contribution is 2.23. The van der Waals surface area contributed by atoms with Crippen molar-refractivity contribution in [1.82, 2.24) is 15.2 Å². The molecule has 5 nitrogen and oxygen atoms in total. The van der Waals surface area contributed by atoms with Crippen LogP contribution in [0.5, 0.6) is 0 Å². The lowest BCUT2D eigenvalue weighted by Gasteiger charge is -2.35. The molecule has 132 valence electrons. The van der Waals surface area contributed by atoms with Crippen molar-refractivity contribution < 1.29 is 9.59 Å². The van der Waals surface area contributed by atoms with Crippen LogP contribution < -0.4 is 5.32 Å². The lowest BCUT2D eigenvalue weighted by atomic mass is 10.0. The van der Waals surface area contributed by atoms with Crippen LogP contribution in [0.4, 0.5) is 0 Å². The number of nitrogens with zero attached hydrogens (tertiary/aromatic N) is 1. The fourth-order valence-corrected chi connectivity index (χ4v) is 3.66. The molecule has 1 fully saturated rings. The van der Waals surface area contributed by atoms with E-state index >= 15 is 0 Å². The molecule has 1 aromatic heterocycles. The lowest BCUT2D eigenvalue weighted by molar-refractivity contribution is -0.146. The molecule has 1 atom stereocenters. The topological polar surface area (TPSA) is 65.2 Å². The number of halogens is 1. The third-order valence-corrected chi connectivity index (χ3v) is 5.30. The van der Waals surface area contributed by atoms with Crippen LogP contribution in [-0.4, -0.2) is 34.3 Å². The van der Waals surface area contributed by atoms with Gasteiger partial charge in [-0.2, -0.15) is 0 Å². The van der Waals surface area contributed by atoms with Gasteiger partial charge in [0.15, 0.2) is 0 Å². The normalized spacial score (nSPS) is 17.6. The number of para-hydroxylation sites is 1. The Balaban J connectivity index is 1.63. The van der Waals surface area contributed by atoms with Gasteiger partial charge in [0.1, 0.15) is 6.04 Å². The minimum absolute atomic E-state index is 0.0553. The quantitative estimate of drug-likeness (QED) is 0.692. The first kappa shape index (κ1) is 16.8. The molecule has 1 aliphatic rings. The van der Waals surface area contributed by atoms with E-state index in [1.807, 2.05) is 54.7 Å². The molecule has 0 bridgehead atoms. The summed E-state index contributed by atoms with van der Waals surface area (Å²) in [6, 6.07) is 15.3. The molecule has 0 saturated carbocycles. The average Bonchev–Trinajstić information content (AvgIpc) is 3.06. The standard InChI is InChI=1S/C20H18BrN3O2/c21-15-7-5-13(6-8-15)12-24-18(20(26)23-11-19(24)25)9-14-10-22-17-4-2-1-3-16(14)17/h1-8,10,18,22H,9,11-12H2,(H,23,26)/t18-/m1/s1. The predicted molar refractivity (Wildman–Crippen MR) is 103 cm³/mol. The number of piperazine rings is 1. The smallest absolute Gasteiger partial charge is 0.243 e. The molecular weight excluding hydrogens is 394 g/mol. The van der Waals surface area contributed by atoms with E-state index in [-0.39, 0.29) is 18.4 Å². The van der Waals surface area contributed by atoms with Gasteiger partial charge in [-0.15, -0.1) is 0 Å². The van der Waals surface area contributed by atoms with Crippen molar-refractivity contribution in [3.63, 3.8) is 0 Å². The highest BCUT2D eigenvalue weighted by atomic mass is 79.9. The zero-order valence-corrected chi connectivity index (χ0v) is 15.6. The van der Waals surface area contributed by atoms with Crippen molar-refractivity contribution >= 4 is 38.6 Å². The molecule has 3 aromatic rings. The first-order valence-electron chi connectivity index (χ1n) is 8.48. The van der Waals surface area contributed by atoms with Crippen molar-refractivity contribution in [2.45, 2.75) is 19.0 Å². The van der Waals surface area contributed by atoms with Gasteiger partial charge in [0.25, 0.3) is 0 Å². The largest absolute Gasteiger partial charge is 0.361 e. The van der Waals surface area contributed by atoms with Crippen molar-refractivity contribution in [2.24, 2.45) is 0 Å². The van der Waals surface area contributed by atoms with E-state index in [4.69, 9.17) is 0 Å². The number of aromatic nitrogens is 1. The third kappa shape index (κ3) is 3.24. The van der Waals surface area contributed by atoms with Crippen LogP contribution in [0.25, 0.3) is 10.9 Å². The first-order valence-corrected chi connectivity index (χ1v) is 9.28. The Morgan fingerprint density at radius 3 is 2.65 bits per heavy atom. The van der Waals surface area contributed by atoms with Gasteiger partial charge in [0.2, 0.25) is 11.8 Å². The lowest BCUT2D eigenvalue weighted by Crippen LogP contribution is -2.58. The van der Waals surface area contributed by atoms with Crippen molar-refractivity contribution in [1.29, 1.82) is 0 Å². The van der Waals surface area contributed by atoms with Crippen molar-refractivity contribution in [2.75, 3.05) is 6.54 Å². The third-order valence-electron chi connectivity index (χ3n) is 4.77. The minimum Gasteiger partial charge on any atom is -0.361 e. The molecule has 2 heterocycles. The number of carbonyl (C=O) groups excluding carboxylic acids is 2. The van der Waals surface area contributed by atoms with Crippen molar-refractivity contribution in [3.8, 4) is 0 Å². The maximum atomic E-state index is 12.5. The Morgan fingerprint density at radius 1 is 1.08 bits per heavy atom. The van der Waals surface area contributed by atoms with E-state index in [1.54, 1.807) is 4.90 Å². The molecule has 0 spiro atoms. The molecule has 6 heteroatoms. The van der Waals surface area contributed by atoms with Crippen LogP contribution >= 0.6 is 15.9 Å². The summed E-state index contributed by atoms with van der Waals surface area (Å²) in [5.41, 5.74) is 3.07. The molecule has 2 N–H and O–H groups in total. The molecular formula is C20H18BrN3O2. The zero-order chi connectivity index (χ0) is 18.1. The summed E-state index contributed by atoms with van der Waals surface area (Å²) in [5.74, 6) is -0.163. The van der Waals surface area contributed by atoms with Crippen LogP contribution in [0.2, 0.25) is 0 Å². The van der Waals surface area contributed by atoms with Gasteiger partial charge in [-0.3, -0.25) is 9.59 Å². The molecule has 0 aliphatic carbocycles. The number of fused-ring (bicyclic) bond motifs is 1. The minimum atomic E-state index is -0.515. The monoisotopic (exact) mass is 411 g/mol. The van der Waals surface area contributed by atoms with E-state index in [9.17, 15) is 9.59 Å². The molecule has 2 amide bonds. The summed E-state index contributed by atoms with van der Waals surface area (Å²) >= 11 is 3.42. The number of carbonyl (C=O) groups is 2. The maximum Gasteiger partial charge on any atom is 0.243 e. The maximum absolute atomic E-state index is 12.5. The Hall–Kier alpha value is -2.60. The molecule has 1 aliphatic heterocycles. The van der Waals surface area contributed by atoms with E-state index in [0.717, 1.165) is 26.5 Å². The first-order chi connectivity index (χ1) is 12.6. The van der Waals surface area contributed by atoms with E-state index in [1.165, 1.54) is 0 Å². The number of hydrogen-bond acceptors (Lipinski definition) is 2. The summed E-state index contributed by atoms with van der Waals surface area (Å²) in [7, 11) is 0. The summed E-state index contributed by atoms with van der Waals surface area (Å²) < 4.78 is 0.985. The molecule has 1 saturated heterocycles. The fraction of sp³-hybridized carbons (Fsp3) is 0.200.